The van der Waals surface area contributed by atoms with Crippen LogP contribution in [0.4, 0.5) is 11.5 Å². The molecule has 0 aliphatic carbocycles. The van der Waals surface area contributed by atoms with Gasteiger partial charge in [0.1, 0.15) is 17.3 Å². The zero-order chi connectivity index (χ0) is 18.8. The van der Waals surface area contributed by atoms with E-state index >= 15 is 0 Å². The number of anilines is 2. The molecule has 7 heteroatoms. The first kappa shape index (κ1) is 16.4. The highest BCUT2D eigenvalue weighted by Crippen LogP contribution is 2.31. The number of nitriles is 1. The largest absolute Gasteiger partial charge is 0.465 e. The highest BCUT2D eigenvalue weighted by atomic mass is 16.5. The average Bonchev–Trinajstić information content (AvgIpc) is 3.28. The van der Waals surface area contributed by atoms with Crippen LogP contribution in [0.3, 0.4) is 0 Å². The SMILES string of the molecule is COC(=O)c1ccc(Nc2c(-c3ccccc3)nc3c(C#N)c[nH]n23)cc1. The summed E-state index contributed by atoms with van der Waals surface area (Å²) >= 11 is 0. The van der Waals surface area contributed by atoms with Crippen LogP contribution in [-0.4, -0.2) is 27.7 Å². The predicted molar refractivity (Wildman–Crippen MR) is 101 cm³/mol. The van der Waals surface area contributed by atoms with Crippen molar-refractivity contribution in [1.82, 2.24) is 14.6 Å². The van der Waals surface area contributed by atoms with Crippen molar-refractivity contribution in [2.24, 2.45) is 0 Å². The molecule has 0 aliphatic heterocycles. The van der Waals surface area contributed by atoms with E-state index in [-0.39, 0.29) is 5.97 Å². The molecule has 2 aromatic heterocycles. The second-order valence-corrected chi connectivity index (χ2v) is 5.83. The van der Waals surface area contributed by atoms with Gasteiger partial charge in [0.05, 0.1) is 12.7 Å². The van der Waals surface area contributed by atoms with Crippen molar-refractivity contribution in [2.75, 3.05) is 12.4 Å². The molecule has 0 atom stereocenters. The summed E-state index contributed by atoms with van der Waals surface area (Å²) in [6.45, 7) is 0. The number of esters is 1. The van der Waals surface area contributed by atoms with Crippen molar-refractivity contribution in [3.63, 3.8) is 0 Å². The maximum absolute atomic E-state index is 11.6. The summed E-state index contributed by atoms with van der Waals surface area (Å²) in [5, 5.41) is 15.7. The summed E-state index contributed by atoms with van der Waals surface area (Å²) in [7, 11) is 1.35. The lowest BCUT2D eigenvalue weighted by molar-refractivity contribution is 0.0601. The lowest BCUT2D eigenvalue weighted by Crippen LogP contribution is -2.02. The summed E-state index contributed by atoms with van der Waals surface area (Å²) < 4.78 is 6.45. The molecule has 4 aromatic rings. The molecule has 0 unspecified atom stereocenters. The molecule has 27 heavy (non-hydrogen) atoms. The van der Waals surface area contributed by atoms with E-state index in [1.165, 1.54) is 7.11 Å². The quantitative estimate of drug-likeness (QED) is 0.543. The van der Waals surface area contributed by atoms with Crippen LogP contribution in [0.1, 0.15) is 15.9 Å². The standard InChI is InChI=1S/C20H15N5O2/c1-27-20(26)14-7-9-16(10-8-14)23-19-17(13-5-3-2-4-6-13)24-18-15(11-21)12-22-25(18)19/h2-10,12,22-23H,1H3. The van der Waals surface area contributed by atoms with Gasteiger partial charge in [-0.15, -0.1) is 0 Å². The van der Waals surface area contributed by atoms with Crippen molar-refractivity contribution >= 4 is 23.1 Å². The van der Waals surface area contributed by atoms with E-state index in [2.05, 4.69) is 21.5 Å². The van der Waals surface area contributed by atoms with Crippen molar-refractivity contribution in [3.05, 3.63) is 71.9 Å². The number of nitrogens with one attached hydrogen (secondary N) is 2. The maximum Gasteiger partial charge on any atom is 0.337 e. The van der Waals surface area contributed by atoms with E-state index < -0.39 is 0 Å². The van der Waals surface area contributed by atoms with Gasteiger partial charge in [-0.25, -0.2) is 14.3 Å². The topological polar surface area (TPSA) is 95.2 Å². The number of aromatic nitrogens is 3. The number of ether oxygens (including phenoxy) is 1. The van der Waals surface area contributed by atoms with E-state index in [1.807, 2.05) is 30.3 Å². The Hall–Kier alpha value is -4.05. The van der Waals surface area contributed by atoms with Crippen LogP contribution in [0, 0.1) is 11.3 Å². The molecule has 0 aliphatic rings. The van der Waals surface area contributed by atoms with Crippen LogP contribution in [0.15, 0.2) is 60.8 Å². The summed E-state index contributed by atoms with van der Waals surface area (Å²) in [5.41, 5.74) is 3.89. The number of rotatable bonds is 4. The van der Waals surface area contributed by atoms with Gasteiger partial charge in [0.25, 0.3) is 0 Å². The highest BCUT2D eigenvalue weighted by Gasteiger charge is 2.18. The second-order valence-electron chi connectivity index (χ2n) is 5.83. The molecule has 0 radical (unpaired) electrons. The van der Waals surface area contributed by atoms with Gasteiger partial charge < -0.3 is 10.1 Å². The number of imidazole rings is 1. The Morgan fingerprint density at radius 3 is 2.59 bits per heavy atom. The van der Waals surface area contributed by atoms with Gasteiger partial charge in [-0.2, -0.15) is 5.26 Å². The Labute approximate surface area is 154 Å². The molecule has 7 nitrogen and oxygen atoms in total. The van der Waals surface area contributed by atoms with Crippen LogP contribution in [0.25, 0.3) is 16.9 Å². The van der Waals surface area contributed by atoms with Gasteiger partial charge in [0.15, 0.2) is 11.5 Å². The molecule has 2 heterocycles. The first-order valence-electron chi connectivity index (χ1n) is 8.22. The van der Waals surface area contributed by atoms with Crippen molar-refractivity contribution in [3.8, 4) is 17.3 Å². The number of carbonyl (C=O) groups is 1. The number of H-pyrrole nitrogens is 1. The predicted octanol–water partition coefficient (Wildman–Crippen LogP) is 3.73. The summed E-state index contributed by atoms with van der Waals surface area (Å²) in [4.78, 5) is 16.2. The van der Waals surface area contributed by atoms with Crippen LogP contribution < -0.4 is 5.32 Å². The third-order valence-electron chi connectivity index (χ3n) is 4.19. The molecule has 132 valence electrons. The second kappa shape index (κ2) is 6.69. The fourth-order valence-electron chi connectivity index (χ4n) is 2.86. The van der Waals surface area contributed by atoms with Crippen molar-refractivity contribution in [1.29, 1.82) is 5.26 Å². The Kier molecular flexibility index (Phi) is 4.07. The Morgan fingerprint density at radius 1 is 1.19 bits per heavy atom. The van der Waals surface area contributed by atoms with Gasteiger partial charge in [-0.1, -0.05) is 30.3 Å². The van der Waals surface area contributed by atoms with Gasteiger partial charge in [-0.05, 0) is 24.3 Å². The smallest absolute Gasteiger partial charge is 0.337 e. The van der Waals surface area contributed by atoms with Gasteiger partial charge in [0.2, 0.25) is 0 Å². The van der Waals surface area contributed by atoms with E-state index in [1.54, 1.807) is 35.0 Å². The lowest BCUT2D eigenvalue weighted by atomic mass is 10.1. The number of aromatic amines is 1. The number of methoxy groups -OCH3 is 1. The molecular formula is C20H15N5O2. The number of fused-ring (bicyclic) bond motifs is 1. The number of carbonyl (C=O) groups excluding carboxylic acids is 1. The molecule has 0 amide bonds. The zero-order valence-electron chi connectivity index (χ0n) is 14.4. The van der Waals surface area contributed by atoms with Gasteiger partial charge >= 0.3 is 5.97 Å². The summed E-state index contributed by atoms with van der Waals surface area (Å²) in [5.74, 6) is 0.310. The first-order valence-corrected chi connectivity index (χ1v) is 8.22. The van der Waals surface area contributed by atoms with Crippen LogP contribution in [0.2, 0.25) is 0 Å². The molecular weight excluding hydrogens is 342 g/mol. The Morgan fingerprint density at radius 2 is 1.93 bits per heavy atom. The number of benzene rings is 2. The zero-order valence-corrected chi connectivity index (χ0v) is 14.4. The Bertz CT molecular complexity index is 1150. The van der Waals surface area contributed by atoms with Gasteiger partial charge in [0, 0.05) is 17.4 Å². The average molecular weight is 357 g/mol. The van der Waals surface area contributed by atoms with Crippen LogP contribution >= 0.6 is 0 Å². The van der Waals surface area contributed by atoms with Crippen LogP contribution in [0.5, 0.6) is 0 Å². The van der Waals surface area contributed by atoms with E-state index in [0.717, 1.165) is 16.9 Å². The Balaban J connectivity index is 1.79. The molecule has 2 aromatic carbocycles. The normalized spacial score (nSPS) is 10.5. The molecule has 0 fully saturated rings. The van der Waals surface area contributed by atoms with Crippen molar-refractivity contribution in [2.45, 2.75) is 0 Å². The molecule has 2 N–H and O–H groups in total. The minimum absolute atomic E-state index is 0.388. The number of nitrogens with zero attached hydrogens (tertiary/aromatic N) is 3. The maximum atomic E-state index is 11.6. The summed E-state index contributed by atoms with van der Waals surface area (Å²) in [6.07, 6.45) is 1.61. The lowest BCUT2D eigenvalue weighted by Gasteiger charge is -2.09. The summed E-state index contributed by atoms with van der Waals surface area (Å²) in [6, 6.07) is 18.8. The van der Waals surface area contributed by atoms with E-state index in [4.69, 9.17) is 4.74 Å². The molecule has 0 bridgehead atoms. The minimum atomic E-state index is -0.388. The van der Waals surface area contributed by atoms with E-state index in [9.17, 15) is 10.1 Å². The highest BCUT2D eigenvalue weighted by molar-refractivity contribution is 5.90. The molecule has 0 spiro atoms. The minimum Gasteiger partial charge on any atom is -0.465 e. The van der Waals surface area contributed by atoms with Crippen molar-refractivity contribution < 1.29 is 9.53 Å². The molecule has 0 saturated heterocycles. The van der Waals surface area contributed by atoms with Gasteiger partial charge in [-0.3, -0.25) is 5.10 Å². The fraction of sp³-hybridized carbons (Fsp3) is 0.0500. The third kappa shape index (κ3) is 2.89. The monoisotopic (exact) mass is 357 g/mol. The number of hydrogen-bond acceptors (Lipinski definition) is 5. The third-order valence-corrected chi connectivity index (χ3v) is 4.19. The van der Waals surface area contributed by atoms with E-state index in [0.29, 0.717) is 22.6 Å². The molecule has 0 saturated carbocycles. The van der Waals surface area contributed by atoms with Crippen LogP contribution in [-0.2, 0) is 4.74 Å². The fourth-order valence-corrected chi connectivity index (χ4v) is 2.86. The molecule has 4 rings (SSSR count). The number of hydrogen-bond donors (Lipinski definition) is 2. The first-order chi connectivity index (χ1) is 13.2.